The third-order valence-electron chi connectivity index (χ3n) is 3.72. The van der Waals surface area contributed by atoms with Crippen molar-refractivity contribution < 1.29 is 10.2 Å². The molecule has 0 aromatic heterocycles. The minimum atomic E-state index is 0.268. The van der Waals surface area contributed by atoms with Crippen molar-refractivity contribution in [2.75, 3.05) is 6.61 Å². The van der Waals surface area contributed by atoms with Crippen LogP contribution in [0.3, 0.4) is 0 Å². The summed E-state index contributed by atoms with van der Waals surface area (Å²) in [6, 6.07) is 5.96. The van der Waals surface area contributed by atoms with E-state index in [1.54, 1.807) is 6.07 Å². The molecule has 2 unspecified atom stereocenters. The number of nitrogens with one attached hydrogen (secondary N) is 1. The third-order valence-corrected chi connectivity index (χ3v) is 4.36. The van der Waals surface area contributed by atoms with Gasteiger partial charge in [-0.25, -0.2) is 0 Å². The largest absolute Gasteiger partial charge is 0.507 e. The van der Waals surface area contributed by atoms with E-state index in [1.165, 1.54) is 12.8 Å². The highest BCUT2D eigenvalue weighted by molar-refractivity contribution is 9.10. The van der Waals surface area contributed by atoms with Crippen LogP contribution in [0.4, 0.5) is 0 Å². The van der Waals surface area contributed by atoms with Crippen molar-refractivity contribution in [2.45, 2.75) is 38.3 Å². The Morgan fingerprint density at radius 3 is 2.78 bits per heavy atom. The number of benzene rings is 1. The topological polar surface area (TPSA) is 52.5 Å². The van der Waals surface area contributed by atoms with Crippen LogP contribution in [0.15, 0.2) is 22.7 Å². The lowest BCUT2D eigenvalue weighted by molar-refractivity contribution is 0.152. The number of hydrogen-bond donors (Lipinski definition) is 3. The predicted molar refractivity (Wildman–Crippen MR) is 75.5 cm³/mol. The van der Waals surface area contributed by atoms with Crippen LogP contribution in [0.5, 0.6) is 5.75 Å². The highest BCUT2D eigenvalue weighted by Crippen LogP contribution is 2.26. The molecule has 100 valence electrons. The van der Waals surface area contributed by atoms with Crippen LogP contribution in [0.1, 0.15) is 31.2 Å². The average Bonchev–Trinajstić information content (AvgIpc) is 2.40. The number of phenolic OH excluding ortho intramolecular Hbond substituents is 1. The molecule has 3 N–H and O–H groups in total. The molecular formula is C14H20BrNO2. The van der Waals surface area contributed by atoms with E-state index in [9.17, 15) is 10.2 Å². The first-order chi connectivity index (χ1) is 8.70. The summed E-state index contributed by atoms with van der Waals surface area (Å²) in [4.78, 5) is 0. The van der Waals surface area contributed by atoms with Crippen molar-refractivity contribution in [3.05, 3.63) is 28.2 Å². The summed E-state index contributed by atoms with van der Waals surface area (Å²) in [6.45, 7) is 1.05. The van der Waals surface area contributed by atoms with Crippen molar-refractivity contribution in [3.63, 3.8) is 0 Å². The minimum Gasteiger partial charge on any atom is -0.507 e. The zero-order chi connectivity index (χ0) is 13.0. The summed E-state index contributed by atoms with van der Waals surface area (Å²) in [5, 5.41) is 22.3. The van der Waals surface area contributed by atoms with E-state index in [4.69, 9.17) is 0 Å². The maximum absolute atomic E-state index is 9.44. The molecule has 1 aliphatic carbocycles. The zero-order valence-electron chi connectivity index (χ0n) is 10.4. The first-order valence-electron chi connectivity index (χ1n) is 6.52. The van der Waals surface area contributed by atoms with Gasteiger partial charge in [0.15, 0.2) is 0 Å². The van der Waals surface area contributed by atoms with Gasteiger partial charge in [-0.05, 0) is 52.4 Å². The first-order valence-corrected chi connectivity index (χ1v) is 7.31. The van der Waals surface area contributed by atoms with Crippen LogP contribution >= 0.6 is 15.9 Å². The van der Waals surface area contributed by atoms with Gasteiger partial charge in [0.25, 0.3) is 0 Å². The van der Waals surface area contributed by atoms with Gasteiger partial charge in [0.1, 0.15) is 5.75 Å². The van der Waals surface area contributed by atoms with E-state index in [0.717, 1.165) is 29.4 Å². The average molecular weight is 314 g/mol. The first kappa shape index (κ1) is 13.8. The van der Waals surface area contributed by atoms with Crippen molar-refractivity contribution in [1.82, 2.24) is 5.32 Å². The van der Waals surface area contributed by atoms with Crippen LogP contribution in [-0.4, -0.2) is 22.9 Å². The molecule has 1 aromatic rings. The lowest BCUT2D eigenvalue weighted by Gasteiger charge is -2.31. The van der Waals surface area contributed by atoms with Gasteiger partial charge in [-0.2, -0.15) is 0 Å². The van der Waals surface area contributed by atoms with E-state index in [2.05, 4.69) is 21.2 Å². The molecule has 2 atom stereocenters. The molecular weight excluding hydrogens is 294 g/mol. The molecule has 1 saturated carbocycles. The summed E-state index contributed by atoms with van der Waals surface area (Å²) in [7, 11) is 0. The van der Waals surface area contributed by atoms with Gasteiger partial charge in [0.2, 0.25) is 0 Å². The molecule has 1 aliphatic rings. The number of hydrogen-bond acceptors (Lipinski definition) is 3. The van der Waals surface area contributed by atoms with Crippen molar-refractivity contribution in [3.8, 4) is 5.75 Å². The van der Waals surface area contributed by atoms with Gasteiger partial charge in [-0.3, -0.25) is 0 Å². The Morgan fingerprint density at radius 1 is 1.28 bits per heavy atom. The molecule has 0 radical (unpaired) electrons. The normalized spacial score (nSPS) is 24.1. The Morgan fingerprint density at radius 2 is 2.06 bits per heavy atom. The Bertz CT molecular complexity index is 397. The standard InChI is InChI=1S/C14H20BrNO2/c15-12-7-10(5-6-14(12)18)8-16-13-4-2-1-3-11(13)9-17/h5-7,11,13,16-18H,1-4,8-9H2. The van der Waals surface area contributed by atoms with Crippen LogP contribution in [-0.2, 0) is 6.54 Å². The highest BCUT2D eigenvalue weighted by atomic mass is 79.9. The maximum atomic E-state index is 9.44. The smallest absolute Gasteiger partial charge is 0.129 e. The molecule has 18 heavy (non-hydrogen) atoms. The van der Waals surface area contributed by atoms with Gasteiger partial charge in [0.05, 0.1) is 4.47 Å². The number of phenols is 1. The van der Waals surface area contributed by atoms with Crippen LogP contribution in [0, 0.1) is 5.92 Å². The van der Waals surface area contributed by atoms with Gasteiger partial charge < -0.3 is 15.5 Å². The zero-order valence-corrected chi connectivity index (χ0v) is 12.0. The lowest BCUT2D eigenvalue weighted by atomic mass is 9.85. The fourth-order valence-corrected chi connectivity index (χ4v) is 3.03. The lowest BCUT2D eigenvalue weighted by Crippen LogP contribution is -2.39. The molecule has 1 aromatic carbocycles. The van der Waals surface area contributed by atoms with Gasteiger partial charge in [0, 0.05) is 19.2 Å². The maximum Gasteiger partial charge on any atom is 0.129 e. The number of halogens is 1. The molecule has 1 fully saturated rings. The highest BCUT2D eigenvalue weighted by Gasteiger charge is 2.23. The summed E-state index contributed by atoms with van der Waals surface area (Å²) in [6.07, 6.45) is 4.74. The van der Waals surface area contributed by atoms with Crippen molar-refractivity contribution in [1.29, 1.82) is 0 Å². The molecule has 0 amide bonds. The molecule has 0 aliphatic heterocycles. The van der Waals surface area contributed by atoms with Crippen LogP contribution in [0.2, 0.25) is 0 Å². The van der Waals surface area contributed by atoms with Gasteiger partial charge >= 0.3 is 0 Å². The summed E-state index contributed by atoms with van der Waals surface area (Å²) in [5.74, 6) is 0.656. The predicted octanol–water partition coefficient (Wildman–Crippen LogP) is 2.80. The summed E-state index contributed by atoms with van der Waals surface area (Å²) >= 11 is 3.32. The molecule has 2 rings (SSSR count). The molecule has 3 nitrogen and oxygen atoms in total. The second-order valence-electron chi connectivity index (χ2n) is 5.00. The monoisotopic (exact) mass is 313 g/mol. The second-order valence-corrected chi connectivity index (χ2v) is 5.85. The van der Waals surface area contributed by atoms with Crippen molar-refractivity contribution >= 4 is 15.9 Å². The number of aliphatic hydroxyl groups is 1. The Labute approximate surface area is 116 Å². The molecule has 0 bridgehead atoms. The van der Waals surface area contributed by atoms with E-state index in [0.29, 0.717) is 12.0 Å². The molecule has 4 heteroatoms. The van der Waals surface area contributed by atoms with E-state index >= 15 is 0 Å². The molecule has 0 heterocycles. The van der Waals surface area contributed by atoms with E-state index in [-0.39, 0.29) is 12.4 Å². The van der Waals surface area contributed by atoms with Crippen molar-refractivity contribution in [2.24, 2.45) is 5.92 Å². The Balaban J connectivity index is 1.91. The van der Waals surface area contributed by atoms with Gasteiger partial charge in [-0.1, -0.05) is 18.9 Å². The minimum absolute atomic E-state index is 0.268. The fourth-order valence-electron chi connectivity index (χ4n) is 2.60. The third kappa shape index (κ3) is 3.46. The second kappa shape index (κ2) is 6.55. The quantitative estimate of drug-likeness (QED) is 0.801. The number of aromatic hydroxyl groups is 1. The van der Waals surface area contributed by atoms with E-state index < -0.39 is 0 Å². The molecule has 0 spiro atoms. The van der Waals surface area contributed by atoms with E-state index in [1.807, 2.05) is 12.1 Å². The number of aliphatic hydroxyl groups excluding tert-OH is 1. The van der Waals surface area contributed by atoms with Crippen LogP contribution < -0.4 is 5.32 Å². The van der Waals surface area contributed by atoms with Gasteiger partial charge in [-0.15, -0.1) is 0 Å². The number of rotatable bonds is 4. The SMILES string of the molecule is OCC1CCCCC1NCc1ccc(O)c(Br)c1. The summed E-state index contributed by atoms with van der Waals surface area (Å²) < 4.78 is 0.726. The Kier molecular flexibility index (Phi) is 5.03. The molecule has 0 saturated heterocycles. The Hall–Kier alpha value is -0.580. The fraction of sp³-hybridized carbons (Fsp3) is 0.571. The summed E-state index contributed by atoms with van der Waals surface area (Å²) in [5.41, 5.74) is 1.14. The van der Waals surface area contributed by atoms with Crippen LogP contribution in [0.25, 0.3) is 0 Å².